The normalized spacial score (nSPS) is 14.2. The Morgan fingerprint density at radius 3 is 2.17 bits per heavy atom. The summed E-state index contributed by atoms with van der Waals surface area (Å²) in [6.45, 7) is 3.77. The highest BCUT2D eigenvalue weighted by Gasteiger charge is 2.31. The number of aryl methyl sites for hydroxylation is 1. The Labute approximate surface area is 220 Å². The summed E-state index contributed by atoms with van der Waals surface area (Å²) < 4.78 is 28.1. The number of hydrogen-bond donors (Lipinski definition) is 0. The van der Waals surface area contributed by atoms with E-state index in [4.69, 9.17) is 34.8 Å². The first-order valence-electron chi connectivity index (χ1n) is 11.0. The topological polar surface area (TPSA) is 60.9 Å². The summed E-state index contributed by atoms with van der Waals surface area (Å²) in [5, 5.41) is 1.17. The zero-order chi connectivity index (χ0) is 25.2. The van der Waals surface area contributed by atoms with Crippen molar-refractivity contribution in [1.29, 1.82) is 0 Å². The number of sulfonamides is 1. The highest BCUT2D eigenvalue weighted by Crippen LogP contribution is 2.33. The van der Waals surface area contributed by atoms with E-state index in [1.165, 1.54) is 24.3 Å². The van der Waals surface area contributed by atoms with Gasteiger partial charge >= 0.3 is 0 Å². The van der Waals surface area contributed by atoms with Crippen LogP contribution in [0.1, 0.15) is 5.56 Å². The summed E-state index contributed by atoms with van der Waals surface area (Å²) in [5.74, 6) is -0.307. The maximum atomic E-state index is 13.5. The van der Waals surface area contributed by atoms with Gasteiger partial charge in [0.1, 0.15) is 6.54 Å². The SMILES string of the molecule is Cc1ccc(Cl)cc1N1CCN(C(=O)CN(c2ccc(Cl)cc2Cl)S(=O)(=O)c2ccccc2)CC1. The fourth-order valence-electron chi connectivity index (χ4n) is 4.05. The molecule has 4 rings (SSSR count). The third kappa shape index (κ3) is 5.70. The molecule has 3 aromatic carbocycles. The molecule has 0 unspecified atom stereocenters. The Bertz CT molecular complexity index is 1330. The van der Waals surface area contributed by atoms with Crippen LogP contribution in [-0.4, -0.2) is 51.9 Å². The van der Waals surface area contributed by atoms with Crippen LogP contribution in [0, 0.1) is 6.92 Å². The van der Waals surface area contributed by atoms with E-state index in [9.17, 15) is 13.2 Å². The predicted molar refractivity (Wildman–Crippen MR) is 142 cm³/mol. The summed E-state index contributed by atoms with van der Waals surface area (Å²) in [5.41, 5.74) is 2.33. The lowest BCUT2D eigenvalue weighted by molar-refractivity contribution is -0.129. The quantitative estimate of drug-likeness (QED) is 0.405. The number of carbonyl (C=O) groups excluding carboxylic acids is 1. The van der Waals surface area contributed by atoms with E-state index in [1.54, 1.807) is 29.2 Å². The number of piperazine rings is 1. The van der Waals surface area contributed by atoms with Gasteiger partial charge in [-0.05, 0) is 55.0 Å². The van der Waals surface area contributed by atoms with Gasteiger partial charge in [-0.25, -0.2) is 8.42 Å². The molecule has 35 heavy (non-hydrogen) atoms. The summed E-state index contributed by atoms with van der Waals surface area (Å²) in [7, 11) is -4.05. The molecule has 0 saturated carbocycles. The van der Waals surface area contributed by atoms with Crippen LogP contribution >= 0.6 is 34.8 Å². The predicted octanol–water partition coefficient (Wildman–Crippen LogP) is 5.50. The first-order valence-corrected chi connectivity index (χ1v) is 13.6. The zero-order valence-corrected chi connectivity index (χ0v) is 22.1. The van der Waals surface area contributed by atoms with Gasteiger partial charge in [0.15, 0.2) is 0 Å². The smallest absolute Gasteiger partial charge is 0.264 e. The van der Waals surface area contributed by atoms with Gasteiger partial charge in [-0.3, -0.25) is 9.10 Å². The average molecular weight is 553 g/mol. The Kier molecular flexibility index (Phi) is 7.81. The van der Waals surface area contributed by atoms with Crippen molar-refractivity contribution in [1.82, 2.24) is 4.90 Å². The molecule has 0 N–H and O–H groups in total. The van der Waals surface area contributed by atoms with Crippen LogP contribution in [0.3, 0.4) is 0 Å². The van der Waals surface area contributed by atoms with E-state index in [-0.39, 0.29) is 28.1 Å². The molecule has 3 aromatic rings. The van der Waals surface area contributed by atoms with Gasteiger partial charge in [0, 0.05) is 41.9 Å². The maximum Gasteiger partial charge on any atom is 0.264 e. The molecule has 0 bridgehead atoms. The highest BCUT2D eigenvalue weighted by atomic mass is 35.5. The molecular formula is C25H24Cl3N3O3S. The van der Waals surface area contributed by atoms with E-state index in [2.05, 4.69) is 4.90 Å². The van der Waals surface area contributed by atoms with Crippen molar-refractivity contribution >= 4 is 62.1 Å². The summed E-state index contributed by atoms with van der Waals surface area (Å²) in [6, 6.07) is 18.2. The van der Waals surface area contributed by atoms with Gasteiger partial charge < -0.3 is 9.80 Å². The molecule has 10 heteroatoms. The Morgan fingerprint density at radius 2 is 1.51 bits per heavy atom. The van der Waals surface area contributed by atoms with Crippen molar-refractivity contribution in [3.05, 3.63) is 87.4 Å². The number of anilines is 2. The van der Waals surface area contributed by atoms with Crippen LogP contribution in [0.2, 0.25) is 15.1 Å². The molecule has 1 saturated heterocycles. The van der Waals surface area contributed by atoms with Gasteiger partial charge in [-0.1, -0.05) is 59.1 Å². The van der Waals surface area contributed by atoms with Crippen LogP contribution in [0.25, 0.3) is 0 Å². The number of carbonyl (C=O) groups is 1. The molecule has 184 valence electrons. The highest BCUT2D eigenvalue weighted by molar-refractivity contribution is 7.92. The van der Waals surface area contributed by atoms with Crippen molar-refractivity contribution in [3.63, 3.8) is 0 Å². The molecule has 0 aliphatic carbocycles. The molecule has 1 heterocycles. The van der Waals surface area contributed by atoms with Crippen molar-refractivity contribution in [2.24, 2.45) is 0 Å². The largest absolute Gasteiger partial charge is 0.368 e. The second-order valence-electron chi connectivity index (χ2n) is 8.22. The van der Waals surface area contributed by atoms with E-state index < -0.39 is 10.0 Å². The molecule has 0 radical (unpaired) electrons. The average Bonchev–Trinajstić information content (AvgIpc) is 2.85. The lowest BCUT2D eigenvalue weighted by Crippen LogP contribution is -2.52. The van der Waals surface area contributed by atoms with Gasteiger partial charge in [0.2, 0.25) is 5.91 Å². The fourth-order valence-corrected chi connectivity index (χ4v) is 6.23. The number of halogens is 3. The molecule has 1 aliphatic heterocycles. The number of benzene rings is 3. The first kappa shape index (κ1) is 25.6. The van der Waals surface area contributed by atoms with Crippen LogP contribution in [0.4, 0.5) is 11.4 Å². The van der Waals surface area contributed by atoms with E-state index in [0.717, 1.165) is 15.6 Å². The van der Waals surface area contributed by atoms with E-state index in [0.29, 0.717) is 36.2 Å². The fraction of sp³-hybridized carbons (Fsp3) is 0.240. The maximum absolute atomic E-state index is 13.5. The molecule has 1 fully saturated rings. The zero-order valence-electron chi connectivity index (χ0n) is 19.0. The van der Waals surface area contributed by atoms with Crippen LogP contribution in [0.5, 0.6) is 0 Å². The molecule has 0 aromatic heterocycles. The molecule has 1 aliphatic rings. The molecular weight excluding hydrogens is 529 g/mol. The monoisotopic (exact) mass is 551 g/mol. The Hall–Kier alpha value is -2.45. The Morgan fingerprint density at radius 1 is 0.886 bits per heavy atom. The van der Waals surface area contributed by atoms with Crippen molar-refractivity contribution in [2.45, 2.75) is 11.8 Å². The van der Waals surface area contributed by atoms with Gasteiger partial charge in [0.05, 0.1) is 15.6 Å². The van der Waals surface area contributed by atoms with Crippen LogP contribution < -0.4 is 9.21 Å². The number of amides is 1. The van der Waals surface area contributed by atoms with Crippen molar-refractivity contribution < 1.29 is 13.2 Å². The van der Waals surface area contributed by atoms with E-state index >= 15 is 0 Å². The minimum absolute atomic E-state index is 0.0695. The van der Waals surface area contributed by atoms with E-state index in [1.807, 2.05) is 25.1 Å². The van der Waals surface area contributed by atoms with Crippen LogP contribution in [0.15, 0.2) is 71.6 Å². The Balaban J connectivity index is 1.56. The lowest BCUT2D eigenvalue weighted by atomic mass is 10.1. The third-order valence-electron chi connectivity index (χ3n) is 5.93. The molecule has 6 nitrogen and oxygen atoms in total. The standard InChI is InChI=1S/C25H24Cl3N3O3S/c1-18-7-8-20(27)16-24(18)29-11-13-30(14-12-29)25(32)17-31(23-10-9-19(26)15-22(23)28)35(33,34)21-5-3-2-4-6-21/h2-10,15-16H,11-14,17H2,1H3. The lowest BCUT2D eigenvalue weighted by Gasteiger charge is -2.37. The van der Waals surface area contributed by atoms with Gasteiger partial charge in [-0.2, -0.15) is 0 Å². The second-order valence-corrected chi connectivity index (χ2v) is 11.4. The number of nitrogens with zero attached hydrogens (tertiary/aromatic N) is 3. The summed E-state index contributed by atoms with van der Waals surface area (Å²) >= 11 is 18.6. The van der Waals surface area contributed by atoms with Crippen LogP contribution in [-0.2, 0) is 14.8 Å². The minimum atomic E-state index is -4.05. The van der Waals surface area contributed by atoms with Crippen molar-refractivity contribution in [3.8, 4) is 0 Å². The molecule has 0 atom stereocenters. The van der Waals surface area contributed by atoms with Crippen molar-refractivity contribution in [2.75, 3.05) is 41.9 Å². The summed E-state index contributed by atoms with van der Waals surface area (Å²) in [4.78, 5) is 17.2. The minimum Gasteiger partial charge on any atom is -0.368 e. The second kappa shape index (κ2) is 10.7. The van der Waals surface area contributed by atoms with Gasteiger partial charge in [-0.15, -0.1) is 0 Å². The summed E-state index contributed by atoms with van der Waals surface area (Å²) in [6.07, 6.45) is 0. The number of hydrogen-bond acceptors (Lipinski definition) is 4. The third-order valence-corrected chi connectivity index (χ3v) is 8.48. The molecule has 0 spiro atoms. The number of rotatable bonds is 6. The van der Waals surface area contributed by atoms with Gasteiger partial charge in [0.25, 0.3) is 10.0 Å². The first-order chi connectivity index (χ1) is 16.7. The molecule has 1 amide bonds.